The third-order valence-electron chi connectivity index (χ3n) is 1.82. The largest absolute Gasteiger partial charge is 0.399 e. The van der Waals surface area contributed by atoms with Crippen molar-refractivity contribution in [2.24, 2.45) is 0 Å². The molecular formula is C9H9F4N. The summed E-state index contributed by atoms with van der Waals surface area (Å²) >= 11 is 0. The number of hydrogen-bond donors (Lipinski definition) is 1. The van der Waals surface area contributed by atoms with E-state index in [1.807, 2.05) is 0 Å². The van der Waals surface area contributed by atoms with Crippen molar-refractivity contribution in [1.29, 1.82) is 0 Å². The van der Waals surface area contributed by atoms with E-state index in [9.17, 15) is 17.6 Å². The van der Waals surface area contributed by atoms with E-state index in [1.54, 1.807) is 0 Å². The first-order valence-electron chi connectivity index (χ1n) is 3.92. The van der Waals surface area contributed by atoms with E-state index < -0.39 is 24.3 Å². The Morgan fingerprint density at radius 2 is 1.71 bits per heavy atom. The monoisotopic (exact) mass is 207 g/mol. The summed E-state index contributed by atoms with van der Waals surface area (Å²) in [4.78, 5) is 0. The molecule has 0 amide bonds. The molecule has 0 fully saturated rings. The van der Waals surface area contributed by atoms with Gasteiger partial charge in [0.15, 0.2) is 6.17 Å². The van der Waals surface area contributed by atoms with Gasteiger partial charge in [-0.15, -0.1) is 0 Å². The van der Waals surface area contributed by atoms with Crippen molar-refractivity contribution in [3.63, 3.8) is 0 Å². The number of alkyl halides is 4. The number of benzene rings is 1. The second kappa shape index (κ2) is 3.86. The Balaban J connectivity index is 2.97. The predicted molar refractivity (Wildman–Crippen MR) is 45.6 cm³/mol. The highest BCUT2D eigenvalue weighted by Crippen LogP contribution is 2.34. The third kappa shape index (κ3) is 1.97. The summed E-state index contributed by atoms with van der Waals surface area (Å²) in [6.45, 7) is -1.71. The first kappa shape index (κ1) is 10.8. The van der Waals surface area contributed by atoms with Gasteiger partial charge < -0.3 is 5.73 Å². The van der Waals surface area contributed by atoms with E-state index in [4.69, 9.17) is 5.73 Å². The molecule has 1 rings (SSSR count). The minimum atomic E-state index is -3.80. The third-order valence-corrected chi connectivity index (χ3v) is 1.82. The molecule has 0 heterocycles. The average Bonchev–Trinajstić information content (AvgIpc) is 2.17. The zero-order valence-electron chi connectivity index (χ0n) is 7.18. The van der Waals surface area contributed by atoms with Crippen LogP contribution >= 0.6 is 0 Å². The number of rotatable bonds is 3. The molecule has 2 N–H and O–H groups in total. The van der Waals surface area contributed by atoms with Crippen LogP contribution in [-0.2, 0) is 5.92 Å². The minimum Gasteiger partial charge on any atom is -0.399 e. The molecule has 1 unspecified atom stereocenters. The summed E-state index contributed by atoms with van der Waals surface area (Å²) in [6.07, 6.45) is -2.81. The van der Waals surface area contributed by atoms with Crippen LogP contribution in [0.4, 0.5) is 23.2 Å². The van der Waals surface area contributed by atoms with Gasteiger partial charge in [0.2, 0.25) is 0 Å². The van der Waals surface area contributed by atoms with Crippen molar-refractivity contribution in [2.75, 3.05) is 12.4 Å². The quantitative estimate of drug-likeness (QED) is 0.598. The van der Waals surface area contributed by atoms with Crippen molar-refractivity contribution >= 4 is 5.69 Å². The van der Waals surface area contributed by atoms with Gasteiger partial charge in [0.1, 0.15) is 6.67 Å². The number of nitrogens with two attached hydrogens (primary N) is 1. The van der Waals surface area contributed by atoms with Crippen molar-refractivity contribution in [3.8, 4) is 0 Å². The molecule has 0 saturated heterocycles. The fraction of sp³-hybridized carbons (Fsp3) is 0.333. The van der Waals surface area contributed by atoms with Crippen LogP contribution in [0.2, 0.25) is 0 Å². The molecule has 0 bridgehead atoms. The maximum absolute atomic E-state index is 13.0. The Morgan fingerprint density at radius 3 is 2.14 bits per heavy atom. The normalized spacial score (nSPS) is 14.0. The standard InChI is InChI=1S/C9H9F4N/c10-5-8(11)9(12,13)6-1-3-7(14)4-2-6/h1-4,8H,5,14H2. The summed E-state index contributed by atoms with van der Waals surface area (Å²) in [6, 6.07) is 4.40. The van der Waals surface area contributed by atoms with E-state index in [0.29, 0.717) is 5.69 Å². The lowest BCUT2D eigenvalue weighted by Crippen LogP contribution is -2.28. The topological polar surface area (TPSA) is 26.0 Å². The molecule has 5 heteroatoms. The number of nitrogen functional groups attached to an aromatic ring is 1. The Hall–Kier alpha value is -1.26. The van der Waals surface area contributed by atoms with E-state index >= 15 is 0 Å². The van der Waals surface area contributed by atoms with E-state index in [2.05, 4.69) is 0 Å². The minimum absolute atomic E-state index is 0.292. The molecule has 0 spiro atoms. The first-order chi connectivity index (χ1) is 6.48. The summed E-state index contributed by atoms with van der Waals surface area (Å²) in [5.41, 5.74) is 4.99. The predicted octanol–water partition coefficient (Wildman–Crippen LogP) is 2.67. The molecule has 0 aliphatic heterocycles. The molecule has 78 valence electrons. The molecule has 1 nitrogen and oxygen atoms in total. The molecule has 1 aromatic rings. The van der Waals surface area contributed by atoms with Gasteiger partial charge in [0.25, 0.3) is 0 Å². The second-order valence-corrected chi connectivity index (χ2v) is 2.87. The summed E-state index contributed by atoms with van der Waals surface area (Å²) < 4.78 is 50.4. The molecule has 0 radical (unpaired) electrons. The Kier molecular flexibility index (Phi) is 2.98. The highest BCUT2D eigenvalue weighted by atomic mass is 19.3. The van der Waals surface area contributed by atoms with Gasteiger partial charge in [-0.2, -0.15) is 8.78 Å². The second-order valence-electron chi connectivity index (χ2n) is 2.87. The van der Waals surface area contributed by atoms with Crippen molar-refractivity contribution in [1.82, 2.24) is 0 Å². The van der Waals surface area contributed by atoms with E-state index in [-0.39, 0.29) is 0 Å². The molecule has 1 atom stereocenters. The Labute approximate surface area is 78.5 Å². The Bertz CT molecular complexity index is 296. The maximum atomic E-state index is 13.0. The van der Waals surface area contributed by atoms with Crippen LogP contribution in [0.15, 0.2) is 24.3 Å². The summed E-state index contributed by atoms with van der Waals surface area (Å²) in [5, 5.41) is 0. The number of hydrogen-bond acceptors (Lipinski definition) is 1. The van der Waals surface area contributed by atoms with Gasteiger partial charge in [0, 0.05) is 11.3 Å². The van der Waals surface area contributed by atoms with Gasteiger partial charge in [-0.1, -0.05) is 12.1 Å². The highest BCUT2D eigenvalue weighted by Gasteiger charge is 2.41. The summed E-state index contributed by atoms with van der Waals surface area (Å²) in [7, 11) is 0. The smallest absolute Gasteiger partial charge is 0.306 e. The SMILES string of the molecule is Nc1ccc(C(F)(F)C(F)CF)cc1. The van der Waals surface area contributed by atoms with Crippen LogP contribution in [-0.4, -0.2) is 12.8 Å². The lowest BCUT2D eigenvalue weighted by atomic mass is 10.0. The average molecular weight is 207 g/mol. The Morgan fingerprint density at radius 1 is 1.21 bits per heavy atom. The van der Waals surface area contributed by atoms with Crippen LogP contribution in [0.3, 0.4) is 0 Å². The van der Waals surface area contributed by atoms with Gasteiger partial charge >= 0.3 is 5.92 Å². The lowest BCUT2D eigenvalue weighted by molar-refractivity contribution is -0.0857. The van der Waals surface area contributed by atoms with Crippen molar-refractivity contribution in [3.05, 3.63) is 29.8 Å². The molecule has 0 saturated carbocycles. The van der Waals surface area contributed by atoms with Crippen molar-refractivity contribution in [2.45, 2.75) is 12.1 Å². The van der Waals surface area contributed by atoms with Crippen molar-refractivity contribution < 1.29 is 17.6 Å². The lowest BCUT2D eigenvalue weighted by Gasteiger charge is -2.18. The fourth-order valence-electron chi connectivity index (χ4n) is 0.983. The van der Waals surface area contributed by atoms with Gasteiger partial charge in [-0.3, -0.25) is 0 Å². The van der Waals surface area contributed by atoms with Crippen LogP contribution in [0.1, 0.15) is 5.56 Å². The molecule has 0 aromatic heterocycles. The van der Waals surface area contributed by atoms with E-state index in [0.717, 1.165) is 12.1 Å². The zero-order chi connectivity index (χ0) is 10.8. The molecule has 0 aliphatic carbocycles. The maximum Gasteiger partial charge on any atom is 0.306 e. The van der Waals surface area contributed by atoms with E-state index in [1.165, 1.54) is 12.1 Å². The molecule has 0 aliphatic rings. The number of anilines is 1. The van der Waals surface area contributed by atoms with Crippen LogP contribution in [0.25, 0.3) is 0 Å². The van der Waals surface area contributed by atoms with Crippen LogP contribution < -0.4 is 5.73 Å². The molecule has 1 aromatic carbocycles. The number of halogens is 4. The molecule has 14 heavy (non-hydrogen) atoms. The molecular weight excluding hydrogens is 198 g/mol. The summed E-state index contributed by atoms with van der Waals surface area (Å²) in [5.74, 6) is -3.80. The zero-order valence-corrected chi connectivity index (χ0v) is 7.18. The highest BCUT2D eigenvalue weighted by molar-refractivity contribution is 5.40. The first-order valence-corrected chi connectivity index (χ1v) is 3.92. The van der Waals surface area contributed by atoms with Gasteiger partial charge in [0.05, 0.1) is 0 Å². The van der Waals surface area contributed by atoms with Gasteiger partial charge in [-0.05, 0) is 12.1 Å². The van der Waals surface area contributed by atoms with Gasteiger partial charge in [-0.25, -0.2) is 8.78 Å². The van der Waals surface area contributed by atoms with Crippen LogP contribution in [0.5, 0.6) is 0 Å². The van der Waals surface area contributed by atoms with Crippen LogP contribution in [0, 0.1) is 0 Å². The fourth-order valence-corrected chi connectivity index (χ4v) is 0.983.